The van der Waals surface area contributed by atoms with Gasteiger partial charge in [0.15, 0.2) is 6.10 Å². The lowest BCUT2D eigenvalue weighted by Crippen LogP contribution is -2.30. The van der Waals surface area contributed by atoms with Gasteiger partial charge in [-0.1, -0.05) is 296 Å². The van der Waals surface area contributed by atoms with Gasteiger partial charge in [0.1, 0.15) is 13.2 Å². The zero-order valence-corrected chi connectivity index (χ0v) is 52.0. The maximum absolute atomic E-state index is 12.9. The van der Waals surface area contributed by atoms with Gasteiger partial charge in [-0.25, -0.2) is 0 Å². The normalized spacial score (nSPS) is 13.0. The van der Waals surface area contributed by atoms with Crippen molar-refractivity contribution in [2.24, 2.45) is 0 Å². The van der Waals surface area contributed by atoms with Gasteiger partial charge in [0.05, 0.1) is 0 Å². The Morgan fingerprint density at radius 3 is 0.838 bits per heavy atom. The molecule has 0 bridgehead atoms. The number of esters is 3. The minimum atomic E-state index is -0.802. The second kappa shape index (κ2) is 67.1. The molecule has 0 aliphatic heterocycles. The summed E-state index contributed by atoms with van der Waals surface area (Å²) in [4.78, 5) is 38.2. The second-order valence-corrected chi connectivity index (χ2v) is 21.6. The van der Waals surface area contributed by atoms with Crippen molar-refractivity contribution in [3.63, 3.8) is 0 Å². The third-order valence-electron chi connectivity index (χ3n) is 13.9. The van der Waals surface area contributed by atoms with Gasteiger partial charge in [0.25, 0.3) is 0 Å². The fourth-order valence-electron chi connectivity index (χ4n) is 8.92. The summed E-state index contributed by atoms with van der Waals surface area (Å²) in [5, 5.41) is 0. The van der Waals surface area contributed by atoms with Crippen LogP contribution in [0.2, 0.25) is 0 Å². The highest BCUT2D eigenvalue weighted by Crippen LogP contribution is 2.16. The van der Waals surface area contributed by atoms with Crippen molar-refractivity contribution in [1.82, 2.24) is 0 Å². The van der Waals surface area contributed by atoms with Crippen LogP contribution < -0.4 is 0 Å². The van der Waals surface area contributed by atoms with Crippen LogP contribution in [0.3, 0.4) is 0 Å². The van der Waals surface area contributed by atoms with Gasteiger partial charge in [-0.3, -0.25) is 14.4 Å². The molecule has 1 atom stereocenters. The lowest BCUT2D eigenvalue weighted by molar-refractivity contribution is -0.167. The number of carbonyl (C=O) groups excluding carboxylic acids is 3. The summed E-state index contributed by atoms with van der Waals surface area (Å²) in [5.41, 5.74) is 0. The fourth-order valence-corrected chi connectivity index (χ4v) is 8.92. The van der Waals surface area contributed by atoms with Crippen molar-refractivity contribution in [2.45, 2.75) is 303 Å². The highest BCUT2D eigenvalue weighted by atomic mass is 16.6. The van der Waals surface area contributed by atoms with Crippen molar-refractivity contribution >= 4 is 17.9 Å². The monoisotopic (exact) mass is 1110 g/mol. The van der Waals surface area contributed by atoms with E-state index < -0.39 is 6.10 Å². The predicted molar refractivity (Wildman–Crippen MR) is 348 cm³/mol. The topological polar surface area (TPSA) is 78.9 Å². The van der Waals surface area contributed by atoms with Crippen molar-refractivity contribution < 1.29 is 28.6 Å². The van der Waals surface area contributed by atoms with Gasteiger partial charge in [-0.15, -0.1) is 0 Å². The average Bonchev–Trinajstić information content (AvgIpc) is 3.46. The molecule has 0 aromatic rings. The third-order valence-corrected chi connectivity index (χ3v) is 13.9. The minimum Gasteiger partial charge on any atom is -0.462 e. The van der Waals surface area contributed by atoms with Crippen LogP contribution in [0.4, 0.5) is 0 Å². The molecule has 454 valence electrons. The van der Waals surface area contributed by atoms with E-state index in [1.807, 2.05) is 0 Å². The van der Waals surface area contributed by atoms with Crippen LogP contribution in [-0.4, -0.2) is 37.2 Å². The van der Waals surface area contributed by atoms with Crippen molar-refractivity contribution in [3.8, 4) is 0 Å². The quantitative estimate of drug-likeness (QED) is 0.0261. The molecule has 0 radical (unpaired) electrons. The van der Waals surface area contributed by atoms with Crippen LogP contribution in [0.15, 0.2) is 134 Å². The number of ether oxygens (including phenoxy) is 3. The third kappa shape index (κ3) is 64.4. The van der Waals surface area contributed by atoms with Gasteiger partial charge in [-0.05, 0) is 116 Å². The van der Waals surface area contributed by atoms with Gasteiger partial charge in [0.2, 0.25) is 0 Å². The first-order valence-electron chi connectivity index (χ1n) is 33.2. The SMILES string of the molecule is CC/C=C\C/C=C\C/C=C\C/C=C\C/C=C\C/C=C\C/C=C\C/C=C\C/C=C\C/C=C\CCCCC(=O)OCC(COC(=O)CCCCCCC/C=C\CCCC)OC(=O)CCCCCCCCCCCCCCCCCCCC. The van der Waals surface area contributed by atoms with Gasteiger partial charge >= 0.3 is 17.9 Å². The molecule has 0 aromatic carbocycles. The molecule has 6 nitrogen and oxygen atoms in total. The maximum Gasteiger partial charge on any atom is 0.306 e. The van der Waals surface area contributed by atoms with Gasteiger partial charge in [0, 0.05) is 19.3 Å². The summed E-state index contributed by atoms with van der Waals surface area (Å²) in [6, 6.07) is 0. The summed E-state index contributed by atoms with van der Waals surface area (Å²) in [7, 11) is 0. The summed E-state index contributed by atoms with van der Waals surface area (Å²) < 4.78 is 16.9. The Hall–Kier alpha value is -4.45. The molecule has 0 aliphatic rings. The smallest absolute Gasteiger partial charge is 0.306 e. The Morgan fingerprint density at radius 2 is 0.500 bits per heavy atom. The summed E-state index contributed by atoms with van der Waals surface area (Å²) in [6.07, 6.45) is 94.7. The second-order valence-electron chi connectivity index (χ2n) is 21.6. The summed E-state index contributed by atoms with van der Waals surface area (Å²) >= 11 is 0. The van der Waals surface area contributed by atoms with E-state index in [-0.39, 0.29) is 31.1 Å². The van der Waals surface area contributed by atoms with E-state index in [1.165, 1.54) is 122 Å². The van der Waals surface area contributed by atoms with E-state index >= 15 is 0 Å². The van der Waals surface area contributed by atoms with E-state index in [4.69, 9.17) is 14.2 Å². The standard InChI is InChI=1S/C74H122O6/c1-4-7-10-13-16-19-22-24-26-28-30-31-32-33-34-35-36-37-38-39-40-41-42-43-44-46-47-49-52-55-58-61-64-67-73(76)79-70-71(69-78-72(75)66-63-60-57-54-51-21-18-15-12-9-6-3)80-74(77)68-65-62-59-56-53-50-48-45-29-27-25-23-20-17-14-11-8-5-2/h7,10,15-16,18-19,24,26,30-31,33-34,36-37,39-40,42-43,46-47,52,55,71H,4-6,8-9,11-14,17,20-23,25,27-29,32,35,38,41,44-45,48-51,53-54,56-70H2,1-3H3/b10-7-,18-15-,19-16-,26-24-,31-30-,34-33-,37-36-,40-39-,43-42-,47-46-,55-52-. The van der Waals surface area contributed by atoms with E-state index in [2.05, 4.69) is 154 Å². The molecule has 0 saturated heterocycles. The van der Waals surface area contributed by atoms with Crippen LogP contribution in [-0.2, 0) is 28.6 Å². The van der Waals surface area contributed by atoms with Crippen LogP contribution in [0.1, 0.15) is 297 Å². The number of allylic oxidation sites excluding steroid dienone is 22. The molecule has 0 heterocycles. The van der Waals surface area contributed by atoms with Crippen molar-refractivity contribution in [3.05, 3.63) is 134 Å². The molecular weight excluding hydrogens is 985 g/mol. The Morgan fingerprint density at radius 1 is 0.263 bits per heavy atom. The number of rotatable bonds is 59. The molecule has 80 heavy (non-hydrogen) atoms. The highest BCUT2D eigenvalue weighted by molar-refractivity contribution is 5.71. The summed E-state index contributed by atoms with van der Waals surface area (Å²) in [5.74, 6) is -0.946. The molecule has 1 unspecified atom stereocenters. The molecule has 6 heteroatoms. The Balaban J connectivity index is 4.34. The average molecular weight is 1110 g/mol. The van der Waals surface area contributed by atoms with Gasteiger partial charge < -0.3 is 14.2 Å². The Bertz CT molecular complexity index is 1700. The lowest BCUT2D eigenvalue weighted by atomic mass is 10.0. The maximum atomic E-state index is 12.9. The first-order chi connectivity index (χ1) is 39.5. The zero-order chi connectivity index (χ0) is 57.8. The number of hydrogen-bond acceptors (Lipinski definition) is 6. The fraction of sp³-hybridized carbons (Fsp3) is 0.662. The van der Waals surface area contributed by atoms with E-state index in [0.29, 0.717) is 25.7 Å². The summed E-state index contributed by atoms with van der Waals surface area (Å²) in [6.45, 7) is 6.46. The molecule has 0 fully saturated rings. The van der Waals surface area contributed by atoms with Crippen LogP contribution in [0.5, 0.6) is 0 Å². The van der Waals surface area contributed by atoms with Crippen LogP contribution >= 0.6 is 0 Å². The molecule has 0 rings (SSSR count). The molecule has 0 aromatic heterocycles. The van der Waals surface area contributed by atoms with Crippen LogP contribution in [0.25, 0.3) is 0 Å². The van der Waals surface area contributed by atoms with Crippen molar-refractivity contribution in [2.75, 3.05) is 13.2 Å². The highest BCUT2D eigenvalue weighted by Gasteiger charge is 2.19. The number of unbranched alkanes of at least 4 members (excludes halogenated alkanes) is 26. The number of carbonyl (C=O) groups is 3. The molecule has 0 amide bonds. The number of hydrogen-bond donors (Lipinski definition) is 0. The van der Waals surface area contributed by atoms with Crippen LogP contribution in [0, 0.1) is 0 Å². The van der Waals surface area contributed by atoms with Crippen molar-refractivity contribution in [1.29, 1.82) is 0 Å². The molecular formula is C74H122O6. The Labute approximate surface area is 494 Å². The molecule has 0 saturated carbocycles. The van der Waals surface area contributed by atoms with E-state index in [1.54, 1.807) is 0 Å². The zero-order valence-electron chi connectivity index (χ0n) is 52.0. The first-order valence-corrected chi connectivity index (χ1v) is 33.2. The Kier molecular flexibility index (Phi) is 63.3. The lowest BCUT2D eigenvalue weighted by Gasteiger charge is -2.18. The minimum absolute atomic E-state index is 0.0967. The molecule has 0 aliphatic carbocycles. The van der Waals surface area contributed by atoms with E-state index in [9.17, 15) is 14.4 Å². The molecule has 0 N–H and O–H groups in total. The van der Waals surface area contributed by atoms with Gasteiger partial charge in [-0.2, -0.15) is 0 Å². The largest absolute Gasteiger partial charge is 0.462 e. The van der Waals surface area contributed by atoms with E-state index in [0.717, 1.165) is 128 Å². The first kappa shape index (κ1) is 75.5. The predicted octanol–water partition coefficient (Wildman–Crippen LogP) is 22.9. The molecule has 0 spiro atoms.